The molecule has 1 aliphatic rings. The fraction of sp³-hybridized carbons (Fsp3) is 0.556. The van der Waals surface area contributed by atoms with E-state index in [4.69, 9.17) is 0 Å². The first kappa shape index (κ1) is 7.30. The molecule has 1 unspecified atom stereocenters. The van der Waals surface area contributed by atoms with Crippen LogP contribution in [0.15, 0.2) is 17.9 Å². The van der Waals surface area contributed by atoms with Crippen LogP contribution in [0.1, 0.15) is 26.2 Å². The lowest BCUT2D eigenvalue weighted by atomic mass is 9.97. The minimum absolute atomic E-state index is 0.256. The molecule has 1 aliphatic carbocycles. The van der Waals surface area contributed by atoms with Gasteiger partial charge < -0.3 is 0 Å². The van der Waals surface area contributed by atoms with Gasteiger partial charge in [-0.3, -0.25) is 4.79 Å². The third-order valence-corrected chi connectivity index (χ3v) is 1.87. The summed E-state index contributed by atoms with van der Waals surface area (Å²) in [7, 11) is 0. The van der Waals surface area contributed by atoms with Crippen molar-refractivity contribution in [2.45, 2.75) is 26.2 Å². The Morgan fingerprint density at radius 1 is 1.60 bits per heavy atom. The van der Waals surface area contributed by atoms with E-state index < -0.39 is 0 Å². The van der Waals surface area contributed by atoms with E-state index >= 15 is 0 Å². The molecule has 0 saturated carbocycles. The molecule has 1 heteroatoms. The normalized spacial score (nSPS) is 24.3. The number of ketones is 1. The van der Waals surface area contributed by atoms with Crippen LogP contribution in [0.3, 0.4) is 0 Å². The van der Waals surface area contributed by atoms with Gasteiger partial charge in [0.05, 0.1) is 0 Å². The number of carbonyl (C=O) groups excluding carboxylic acids is 1. The van der Waals surface area contributed by atoms with Gasteiger partial charge in [-0.05, 0) is 38.3 Å². The third kappa shape index (κ3) is 1.85. The van der Waals surface area contributed by atoms with Crippen LogP contribution in [0.2, 0.25) is 0 Å². The molecule has 0 aromatic heterocycles. The summed E-state index contributed by atoms with van der Waals surface area (Å²) in [4.78, 5) is 10.9. The first-order valence-electron chi connectivity index (χ1n) is 3.70. The minimum Gasteiger partial charge on any atom is -0.300 e. The highest BCUT2D eigenvalue weighted by molar-refractivity contribution is 5.78. The van der Waals surface area contributed by atoms with Gasteiger partial charge in [0, 0.05) is 5.92 Å². The molecule has 10 heavy (non-hydrogen) atoms. The molecular formula is C9H12O. The number of hydrogen-bond donors (Lipinski definition) is 0. The van der Waals surface area contributed by atoms with E-state index in [1.165, 1.54) is 0 Å². The number of Topliss-reactive ketones (excluding diaryl/α,β-unsaturated/α-hetero) is 1. The second kappa shape index (κ2) is 3.38. The van der Waals surface area contributed by atoms with Gasteiger partial charge in [0.25, 0.3) is 0 Å². The smallest absolute Gasteiger partial charge is 0.133 e. The van der Waals surface area contributed by atoms with Gasteiger partial charge in [0.1, 0.15) is 5.78 Å². The van der Waals surface area contributed by atoms with Crippen molar-refractivity contribution < 1.29 is 4.79 Å². The van der Waals surface area contributed by atoms with Gasteiger partial charge in [0.2, 0.25) is 0 Å². The first-order chi connectivity index (χ1) is 4.80. The molecule has 0 aliphatic heterocycles. The first-order valence-corrected chi connectivity index (χ1v) is 3.70. The summed E-state index contributed by atoms with van der Waals surface area (Å²) in [6.45, 7) is 1.67. The Hall–Kier alpha value is -0.810. The standard InChI is InChI=1S/C9H12O/c1-8(10)9-6-4-2-3-5-7-9/h2,5,9H,4,6-7H2,1H3. The fourth-order valence-corrected chi connectivity index (χ4v) is 1.15. The van der Waals surface area contributed by atoms with E-state index in [1.807, 2.05) is 12.2 Å². The molecule has 1 atom stereocenters. The van der Waals surface area contributed by atoms with Crippen LogP contribution in [0, 0.1) is 5.92 Å². The minimum atomic E-state index is 0.256. The van der Waals surface area contributed by atoms with Crippen molar-refractivity contribution in [3.8, 4) is 0 Å². The summed E-state index contributed by atoms with van der Waals surface area (Å²) in [5, 5.41) is 0. The molecule has 1 nitrogen and oxygen atoms in total. The lowest BCUT2D eigenvalue weighted by Crippen LogP contribution is -2.08. The number of rotatable bonds is 1. The predicted molar refractivity (Wildman–Crippen MR) is 40.7 cm³/mol. The maximum Gasteiger partial charge on any atom is 0.133 e. The molecule has 0 heterocycles. The maximum atomic E-state index is 10.9. The Morgan fingerprint density at radius 3 is 3.10 bits per heavy atom. The zero-order valence-corrected chi connectivity index (χ0v) is 6.26. The van der Waals surface area contributed by atoms with E-state index in [0.717, 1.165) is 19.3 Å². The van der Waals surface area contributed by atoms with Crippen LogP contribution < -0.4 is 0 Å². The zero-order valence-electron chi connectivity index (χ0n) is 6.26. The molecule has 0 N–H and O–H groups in total. The summed E-state index contributed by atoms with van der Waals surface area (Å²) in [5.41, 5.74) is 3.03. The summed E-state index contributed by atoms with van der Waals surface area (Å²) in [6.07, 6.45) is 6.84. The summed E-state index contributed by atoms with van der Waals surface area (Å²) >= 11 is 0. The maximum absolute atomic E-state index is 10.9. The van der Waals surface area contributed by atoms with Crippen LogP contribution in [-0.2, 0) is 4.79 Å². The Kier molecular flexibility index (Phi) is 2.47. The van der Waals surface area contributed by atoms with Gasteiger partial charge in [0.15, 0.2) is 0 Å². The van der Waals surface area contributed by atoms with Crippen molar-refractivity contribution in [3.63, 3.8) is 0 Å². The highest BCUT2D eigenvalue weighted by Crippen LogP contribution is 2.15. The monoisotopic (exact) mass is 136 g/mol. The summed E-state index contributed by atoms with van der Waals surface area (Å²) in [5.74, 6) is 0.569. The second-order valence-corrected chi connectivity index (χ2v) is 2.70. The molecular weight excluding hydrogens is 124 g/mol. The Bertz CT molecular complexity index is 185. The lowest BCUT2D eigenvalue weighted by Gasteiger charge is -2.06. The molecule has 0 fully saturated rings. The van der Waals surface area contributed by atoms with Crippen LogP contribution in [0.5, 0.6) is 0 Å². The predicted octanol–water partition coefficient (Wildman–Crippen LogP) is 2.09. The topological polar surface area (TPSA) is 17.1 Å². The van der Waals surface area contributed by atoms with E-state index in [1.54, 1.807) is 6.92 Å². The number of hydrogen-bond acceptors (Lipinski definition) is 1. The molecule has 0 amide bonds. The quantitative estimate of drug-likeness (QED) is 0.504. The van der Waals surface area contributed by atoms with Crippen molar-refractivity contribution in [2.75, 3.05) is 0 Å². The van der Waals surface area contributed by atoms with Crippen LogP contribution in [0.4, 0.5) is 0 Å². The molecule has 0 saturated heterocycles. The molecule has 1 rings (SSSR count). The van der Waals surface area contributed by atoms with E-state index in [-0.39, 0.29) is 5.92 Å². The van der Waals surface area contributed by atoms with Crippen molar-refractivity contribution in [1.82, 2.24) is 0 Å². The van der Waals surface area contributed by atoms with E-state index in [2.05, 4.69) is 5.73 Å². The highest BCUT2D eigenvalue weighted by atomic mass is 16.1. The Balaban J connectivity index is 2.51. The fourth-order valence-electron chi connectivity index (χ4n) is 1.15. The molecule has 0 bridgehead atoms. The molecule has 0 aromatic carbocycles. The van der Waals surface area contributed by atoms with Crippen LogP contribution in [0.25, 0.3) is 0 Å². The molecule has 0 radical (unpaired) electrons. The van der Waals surface area contributed by atoms with Gasteiger partial charge in [-0.15, -0.1) is 5.73 Å². The summed E-state index contributed by atoms with van der Waals surface area (Å²) < 4.78 is 0. The van der Waals surface area contributed by atoms with Crippen molar-refractivity contribution >= 4 is 5.78 Å². The average molecular weight is 136 g/mol. The number of carbonyl (C=O) groups is 1. The zero-order chi connectivity index (χ0) is 7.40. The van der Waals surface area contributed by atoms with Crippen molar-refractivity contribution in [3.05, 3.63) is 17.9 Å². The largest absolute Gasteiger partial charge is 0.300 e. The van der Waals surface area contributed by atoms with Crippen molar-refractivity contribution in [1.29, 1.82) is 0 Å². The van der Waals surface area contributed by atoms with Crippen LogP contribution in [-0.4, -0.2) is 5.78 Å². The van der Waals surface area contributed by atoms with Gasteiger partial charge in [-0.1, -0.05) is 0 Å². The highest BCUT2D eigenvalue weighted by Gasteiger charge is 2.11. The lowest BCUT2D eigenvalue weighted by molar-refractivity contribution is -0.120. The Labute approximate surface area is 61.4 Å². The average Bonchev–Trinajstić information content (AvgIpc) is 2.12. The third-order valence-electron chi connectivity index (χ3n) is 1.87. The second-order valence-electron chi connectivity index (χ2n) is 2.70. The van der Waals surface area contributed by atoms with E-state index in [0.29, 0.717) is 5.78 Å². The SMILES string of the molecule is CC(=O)C1CC=C=CCC1. The summed E-state index contributed by atoms with van der Waals surface area (Å²) in [6, 6.07) is 0. The molecule has 0 aromatic rings. The van der Waals surface area contributed by atoms with Crippen LogP contribution >= 0.6 is 0 Å². The van der Waals surface area contributed by atoms with Gasteiger partial charge >= 0.3 is 0 Å². The molecule has 0 spiro atoms. The van der Waals surface area contributed by atoms with Crippen molar-refractivity contribution in [2.24, 2.45) is 5.92 Å². The number of allylic oxidation sites excluding steroid dienone is 1. The van der Waals surface area contributed by atoms with Gasteiger partial charge in [-0.2, -0.15) is 0 Å². The van der Waals surface area contributed by atoms with Gasteiger partial charge in [-0.25, -0.2) is 0 Å². The van der Waals surface area contributed by atoms with E-state index in [9.17, 15) is 4.79 Å². The molecule has 54 valence electrons. The Morgan fingerprint density at radius 2 is 2.40 bits per heavy atom.